The highest BCUT2D eigenvalue weighted by Crippen LogP contribution is 2.42. The van der Waals surface area contributed by atoms with E-state index < -0.39 is 17.7 Å². The Balaban J connectivity index is 1.75. The van der Waals surface area contributed by atoms with Crippen LogP contribution in [0.25, 0.3) is 33.4 Å². The van der Waals surface area contributed by atoms with E-state index in [1.54, 1.807) is 24.3 Å². The number of hydrogen-bond acceptors (Lipinski definition) is 7. The number of rotatable bonds is 4. The van der Waals surface area contributed by atoms with Crippen LogP contribution in [0.15, 0.2) is 75.9 Å². The number of benzene rings is 3. The van der Waals surface area contributed by atoms with Gasteiger partial charge in [0, 0.05) is 47.2 Å². The Morgan fingerprint density at radius 1 is 0.943 bits per heavy atom. The summed E-state index contributed by atoms with van der Waals surface area (Å²) in [6, 6.07) is 16.1. The van der Waals surface area contributed by atoms with Crippen LogP contribution in [0.2, 0.25) is 0 Å². The molecule has 0 saturated heterocycles. The fourth-order valence-corrected chi connectivity index (χ4v) is 3.98. The van der Waals surface area contributed by atoms with Gasteiger partial charge in [0.15, 0.2) is 5.43 Å². The number of hydrogen-bond donors (Lipinski definition) is 3. The minimum atomic E-state index is -0.839. The summed E-state index contributed by atoms with van der Waals surface area (Å²) in [6.07, 6.45) is 5.85. The molecule has 0 spiro atoms. The smallest absolute Gasteiger partial charge is 0.363 e. The lowest BCUT2D eigenvalue weighted by Crippen LogP contribution is -2.19. The molecule has 3 N–H and O–H groups in total. The summed E-state index contributed by atoms with van der Waals surface area (Å²) in [7, 11) is 0. The Kier molecular flexibility index (Phi) is 5.15. The quantitative estimate of drug-likeness (QED) is 0.270. The third-order valence-corrected chi connectivity index (χ3v) is 5.56. The monoisotopic (exact) mass is 467 g/mol. The second-order valence-corrected chi connectivity index (χ2v) is 7.79. The predicted octanol–water partition coefficient (Wildman–Crippen LogP) is 3.93. The third kappa shape index (κ3) is 3.81. The van der Waals surface area contributed by atoms with E-state index in [0.29, 0.717) is 38.2 Å². The number of nitrogens with zero attached hydrogens (tertiary/aromatic N) is 1. The molecule has 172 valence electrons. The SMILES string of the molecule is C#CCc1ccc(C(=O)On2c(O)ccc2O)cc1-c1c2ccc(=O)cc-2oc2cc(O)ccc12. The Morgan fingerprint density at radius 3 is 2.46 bits per heavy atom. The van der Waals surface area contributed by atoms with Crippen LogP contribution in [0.1, 0.15) is 15.9 Å². The first-order valence-electron chi connectivity index (χ1n) is 10.4. The van der Waals surface area contributed by atoms with E-state index >= 15 is 0 Å². The van der Waals surface area contributed by atoms with Crippen molar-refractivity contribution in [1.82, 2.24) is 4.73 Å². The van der Waals surface area contributed by atoms with Gasteiger partial charge in [-0.1, -0.05) is 6.07 Å². The van der Waals surface area contributed by atoms with E-state index in [0.717, 1.165) is 5.56 Å². The molecule has 3 aromatic rings. The summed E-state index contributed by atoms with van der Waals surface area (Å²) in [5.41, 5.74) is 2.77. The van der Waals surface area contributed by atoms with Crippen LogP contribution < -0.4 is 10.3 Å². The van der Waals surface area contributed by atoms with Crippen LogP contribution in [-0.2, 0) is 6.42 Å². The second-order valence-electron chi connectivity index (χ2n) is 7.79. The van der Waals surface area contributed by atoms with Crippen molar-refractivity contribution in [2.24, 2.45) is 0 Å². The zero-order chi connectivity index (χ0) is 24.7. The van der Waals surface area contributed by atoms with E-state index in [-0.39, 0.29) is 23.2 Å². The van der Waals surface area contributed by atoms with Gasteiger partial charge in [-0.15, -0.1) is 17.1 Å². The molecule has 0 fully saturated rings. The summed E-state index contributed by atoms with van der Waals surface area (Å²) in [4.78, 5) is 30.0. The van der Waals surface area contributed by atoms with E-state index in [9.17, 15) is 24.9 Å². The zero-order valence-electron chi connectivity index (χ0n) is 18.1. The summed E-state index contributed by atoms with van der Waals surface area (Å²) < 4.78 is 6.49. The molecular weight excluding hydrogens is 450 g/mol. The van der Waals surface area contributed by atoms with Gasteiger partial charge >= 0.3 is 5.97 Å². The van der Waals surface area contributed by atoms with Gasteiger partial charge in [-0.05, 0) is 47.5 Å². The molecule has 0 bridgehead atoms. The normalized spacial score (nSPS) is 10.9. The molecule has 0 amide bonds. The van der Waals surface area contributed by atoms with Crippen LogP contribution in [0.4, 0.5) is 0 Å². The van der Waals surface area contributed by atoms with Gasteiger partial charge in [-0.25, -0.2) is 4.79 Å². The van der Waals surface area contributed by atoms with Gasteiger partial charge in [-0.3, -0.25) is 4.79 Å². The number of carbonyl (C=O) groups excluding carboxylic acids is 1. The van der Waals surface area contributed by atoms with Gasteiger partial charge in [0.25, 0.3) is 0 Å². The van der Waals surface area contributed by atoms with Crippen LogP contribution in [-0.4, -0.2) is 26.0 Å². The maximum absolute atomic E-state index is 12.9. The average molecular weight is 467 g/mol. The summed E-state index contributed by atoms with van der Waals surface area (Å²) in [6.45, 7) is 0. The molecule has 1 aromatic heterocycles. The topological polar surface area (TPSA) is 122 Å². The number of phenolic OH excluding ortho intramolecular Hbond substituents is 1. The molecule has 0 saturated carbocycles. The molecule has 0 unspecified atom stereocenters. The molecule has 1 aliphatic carbocycles. The number of carbonyl (C=O) groups is 1. The number of aromatic hydroxyl groups is 3. The molecule has 2 aliphatic rings. The van der Waals surface area contributed by atoms with Gasteiger partial charge in [-0.2, -0.15) is 0 Å². The summed E-state index contributed by atoms with van der Waals surface area (Å²) in [5.74, 6) is 1.15. The molecule has 35 heavy (non-hydrogen) atoms. The maximum Gasteiger partial charge on any atom is 0.363 e. The van der Waals surface area contributed by atoms with Crippen molar-refractivity contribution in [3.63, 3.8) is 0 Å². The lowest BCUT2D eigenvalue weighted by Gasteiger charge is -2.18. The summed E-state index contributed by atoms with van der Waals surface area (Å²) >= 11 is 0. The second kappa shape index (κ2) is 8.32. The van der Waals surface area contributed by atoms with E-state index in [1.165, 1.54) is 42.5 Å². The molecule has 2 heterocycles. The Hall–Kier alpha value is -5.16. The first-order chi connectivity index (χ1) is 16.9. The number of phenols is 1. The van der Waals surface area contributed by atoms with Crippen molar-refractivity contribution < 1.29 is 29.4 Å². The van der Waals surface area contributed by atoms with Gasteiger partial charge in [0.05, 0.1) is 5.56 Å². The van der Waals surface area contributed by atoms with Crippen LogP contribution in [0.5, 0.6) is 17.5 Å². The van der Waals surface area contributed by atoms with Crippen molar-refractivity contribution in [2.75, 3.05) is 0 Å². The van der Waals surface area contributed by atoms with Gasteiger partial charge in [0.1, 0.15) is 17.1 Å². The van der Waals surface area contributed by atoms with E-state index in [2.05, 4.69) is 5.92 Å². The van der Waals surface area contributed by atoms with Crippen molar-refractivity contribution in [1.29, 1.82) is 0 Å². The first kappa shape index (κ1) is 21.7. The van der Waals surface area contributed by atoms with Gasteiger partial charge in [0.2, 0.25) is 11.8 Å². The van der Waals surface area contributed by atoms with Crippen molar-refractivity contribution in [2.45, 2.75) is 6.42 Å². The van der Waals surface area contributed by atoms with E-state index in [1.807, 2.05) is 0 Å². The molecule has 8 heteroatoms. The number of terminal acetylenes is 1. The van der Waals surface area contributed by atoms with Crippen LogP contribution in [0, 0.1) is 12.3 Å². The fraction of sp³-hybridized carbons (Fsp3) is 0.0370. The fourth-order valence-electron chi connectivity index (χ4n) is 3.98. The molecule has 5 rings (SSSR count). The maximum atomic E-state index is 12.9. The molecule has 0 radical (unpaired) electrons. The van der Waals surface area contributed by atoms with Crippen molar-refractivity contribution in [3.05, 3.63) is 88.1 Å². The van der Waals surface area contributed by atoms with E-state index in [4.69, 9.17) is 15.7 Å². The molecular formula is C27H17NO7. The summed E-state index contributed by atoms with van der Waals surface area (Å²) in [5, 5.41) is 30.2. The molecule has 0 atom stereocenters. The predicted molar refractivity (Wildman–Crippen MR) is 127 cm³/mol. The number of aromatic nitrogens is 1. The van der Waals surface area contributed by atoms with Crippen molar-refractivity contribution in [3.8, 4) is 52.3 Å². The Labute approximate surface area is 198 Å². The van der Waals surface area contributed by atoms with Crippen LogP contribution in [0.3, 0.4) is 0 Å². The minimum Gasteiger partial charge on any atom is -0.508 e. The average Bonchev–Trinajstić information content (AvgIpc) is 3.15. The Morgan fingerprint density at radius 2 is 1.71 bits per heavy atom. The third-order valence-electron chi connectivity index (χ3n) is 5.56. The highest BCUT2D eigenvalue weighted by Gasteiger charge is 2.22. The molecule has 1 aliphatic heterocycles. The lowest BCUT2D eigenvalue weighted by atomic mass is 9.89. The number of fused-ring (bicyclic) bond motifs is 2. The highest BCUT2D eigenvalue weighted by molar-refractivity contribution is 6.04. The standard InChI is InChI=1S/C27H17NO7/c1-2-3-15-4-5-16(27(33)35-28-24(31)10-11-25(28)32)12-21(15)26-19-8-6-17(29)13-22(19)34-23-14-18(30)7-9-20(23)26/h1,4-14,29,31-32H,3H2. The first-order valence-corrected chi connectivity index (χ1v) is 10.4. The lowest BCUT2D eigenvalue weighted by molar-refractivity contribution is 0.0382. The Bertz CT molecular complexity index is 1670. The molecule has 2 aromatic carbocycles. The molecule has 8 nitrogen and oxygen atoms in total. The zero-order valence-corrected chi connectivity index (χ0v) is 18.1. The largest absolute Gasteiger partial charge is 0.508 e. The highest BCUT2D eigenvalue weighted by atomic mass is 16.7. The van der Waals surface area contributed by atoms with Crippen LogP contribution >= 0.6 is 0 Å². The minimum absolute atomic E-state index is 0.0163. The van der Waals surface area contributed by atoms with Crippen molar-refractivity contribution >= 4 is 16.9 Å². The van der Waals surface area contributed by atoms with Gasteiger partial charge < -0.3 is 24.6 Å².